The van der Waals surface area contributed by atoms with Crippen molar-refractivity contribution in [1.82, 2.24) is 15.3 Å². The summed E-state index contributed by atoms with van der Waals surface area (Å²) in [4.78, 5) is 25.2. The van der Waals surface area contributed by atoms with Crippen molar-refractivity contribution in [2.24, 2.45) is 0 Å². The monoisotopic (exact) mass is 489 g/mol. The van der Waals surface area contributed by atoms with Gasteiger partial charge in [0, 0.05) is 31.6 Å². The Morgan fingerprint density at radius 3 is 1.97 bits per heavy atom. The molecule has 0 saturated heterocycles. The van der Waals surface area contributed by atoms with Crippen molar-refractivity contribution in [3.8, 4) is 0 Å². The maximum absolute atomic E-state index is 13.6. The smallest absolute Gasteiger partial charge is 0.252 e. The zero-order valence-corrected chi connectivity index (χ0v) is 21.2. The number of para-hydroxylation sites is 1. The van der Waals surface area contributed by atoms with Gasteiger partial charge in [0.1, 0.15) is 5.82 Å². The van der Waals surface area contributed by atoms with Gasteiger partial charge >= 0.3 is 0 Å². The van der Waals surface area contributed by atoms with E-state index in [9.17, 15) is 4.79 Å². The van der Waals surface area contributed by atoms with Gasteiger partial charge < -0.3 is 15.5 Å². The van der Waals surface area contributed by atoms with Crippen LogP contribution in [-0.2, 0) is 0 Å². The second-order valence-electron chi connectivity index (χ2n) is 10.1. The number of nitrogens with zero attached hydrogens (tertiary/aromatic N) is 3. The maximum Gasteiger partial charge on any atom is 0.252 e. The summed E-state index contributed by atoms with van der Waals surface area (Å²) in [5, 5.41) is 12.1. The lowest BCUT2D eigenvalue weighted by molar-refractivity contribution is 0.0930. The summed E-state index contributed by atoms with van der Waals surface area (Å²) in [6, 6.07) is 27.0. The van der Waals surface area contributed by atoms with E-state index in [4.69, 9.17) is 9.97 Å². The molecule has 6 rings (SSSR count). The number of benzene rings is 4. The topological polar surface area (TPSA) is 70.2 Å². The number of rotatable bonds is 5. The van der Waals surface area contributed by atoms with Crippen molar-refractivity contribution in [2.75, 3.05) is 24.3 Å². The van der Waals surface area contributed by atoms with Gasteiger partial charge in [0.15, 0.2) is 0 Å². The third kappa shape index (κ3) is 4.55. The van der Waals surface area contributed by atoms with E-state index in [0.717, 1.165) is 69.5 Å². The van der Waals surface area contributed by atoms with E-state index in [1.807, 2.05) is 73.6 Å². The number of hydrogen-bond acceptors (Lipinski definition) is 5. The SMILES string of the molecule is CN(C)c1nc(N[C@H]2CC[C@@H](NC(=O)c3c4ccccc4cc4ccccc34)CC2)nc2ccccc12. The summed E-state index contributed by atoms with van der Waals surface area (Å²) in [6.07, 6.45) is 3.74. The molecular formula is C31H31N5O. The van der Waals surface area contributed by atoms with E-state index >= 15 is 0 Å². The van der Waals surface area contributed by atoms with Crippen LogP contribution in [-0.4, -0.2) is 42.1 Å². The van der Waals surface area contributed by atoms with Crippen LogP contribution in [0.1, 0.15) is 36.0 Å². The first-order valence-corrected chi connectivity index (χ1v) is 13.0. The van der Waals surface area contributed by atoms with E-state index in [-0.39, 0.29) is 18.0 Å². The van der Waals surface area contributed by atoms with Gasteiger partial charge in [-0.1, -0.05) is 60.7 Å². The van der Waals surface area contributed by atoms with Crippen molar-refractivity contribution in [1.29, 1.82) is 0 Å². The third-order valence-corrected chi connectivity index (χ3v) is 7.40. The average Bonchev–Trinajstić information content (AvgIpc) is 2.92. The van der Waals surface area contributed by atoms with Crippen LogP contribution >= 0.6 is 0 Å². The van der Waals surface area contributed by atoms with Gasteiger partial charge in [-0.15, -0.1) is 0 Å². The molecule has 0 aliphatic heterocycles. The molecule has 1 aliphatic carbocycles. The molecular weight excluding hydrogens is 458 g/mol. The van der Waals surface area contributed by atoms with Crippen LogP contribution in [0.5, 0.6) is 0 Å². The molecule has 0 bridgehead atoms. The Hall–Kier alpha value is -4.19. The molecule has 1 saturated carbocycles. The zero-order valence-electron chi connectivity index (χ0n) is 21.2. The fraction of sp³-hybridized carbons (Fsp3) is 0.258. The van der Waals surface area contributed by atoms with Crippen LogP contribution in [0.15, 0.2) is 78.9 Å². The van der Waals surface area contributed by atoms with Gasteiger partial charge in [0.2, 0.25) is 5.95 Å². The largest absolute Gasteiger partial charge is 0.362 e. The Balaban J connectivity index is 1.17. The Bertz CT molecular complexity index is 1550. The molecule has 1 aromatic heterocycles. The summed E-state index contributed by atoms with van der Waals surface area (Å²) >= 11 is 0. The first-order valence-electron chi connectivity index (χ1n) is 13.0. The average molecular weight is 490 g/mol. The number of amides is 1. The molecule has 6 nitrogen and oxygen atoms in total. The highest BCUT2D eigenvalue weighted by Crippen LogP contribution is 2.30. The van der Waals surface area contributed by atoms with Crippen LogP contribution < -0.4 is 15.5 Å². The van der Waals surface area contributed by atoms with E-state index in [1.54, 1.807) is 0 Å². The maximum atomic E-state index is 13.6. The fourth-order valence-corrected chi connectivity index (χ4v) is 5.55. The molecule has 1 aliphatic rings. The molecule has 6 heteroatoms. The van der Waals surface area contributed by atoms with Gasteiger partial charge in [-0.3, -0.25) is 4.79 Å². The number of hydrogen-bond donors (Lipinski definition) is 2. The molecule has 0 unspecified atom stereocenters. The molecule has 37 heavy (non-hydrogen) atoms. The van der Waals surface area contributed by atoms with Crippen molar-refractivity contribution in [3.05, 3.63) is 84.4 Å². The van der Waals surface area contributed by atoms with Crippen LogP contribution in [0.4, 0.5) is 11.8 Å². The van der Waals surface area contributed by atoms with Crippen molar-refractivity contribution >= 4 is 50.1 Å². The minimum Gasteiger partial charge on any atom is -0.362 e. The van der Waals surface area contributed by atoms with Crippen molar-refractivity contribution in [2.45, 2.75) is 37.8 Å². The minimum absolute atomic E-state index is 0.0119. The van der Waals surface area contributed by atoms with Crippen LogP contribution in [0.25, 0.3) is 32.4 Å². The Labute approximate surface area is 216 Å². The highest BCUT2D eigenvalue weighted by Gasteiger charge is 2.25. The molecule has 1 amide bonds. The first-order chi connectivity index (χ1) is 18.1. The van der Waals surface area contributed by atoms with E-state index in [0.29, 0.717) is 5.95 Å². The summed E-state index contributed by atoms with van der Waals surface area (Å²) in [6.45, 7) is 0. The standard InChI is InChI=1S/C31H31N5O/c1-36(2)29-26-13-7-8-14-27(26)34-31(35-29)33-23-17-15-22(16-18-23)32-30(37)28-24-11-5-3-9-20(24)19-21-10-4-6-12-25(21)28/h3-14,19,22-23H,15-18H2,1-2H3,(H,32,37)(H,33,34,35)/t22-,23+. The normalized spacial score (nSPS) is 17.7. The molecule has 0 radical (unpaired) electrons. The number of aromatic nitrogens is 2. The number of fused-ring (bicyclic) bond motifs is 3. The van der Waals surface area contributed by atoms with Crippen molar-refractivity contribution in [3.63, 3.8) is 0 Å². The number of carbonyl (C=O) groups excluding carboxylic acids is 1. The Morgan fingerprint density at radius 1 is 0.757 bits per heavy atom. The second-order valence-corrected chi connectivity index (χ2v) is 10.1. The summed E-state index contributed by atoms with van der Waals surface area (Å²) < 4.78 is 0. The number of anilines is 2. The van der Waals surface area contributed by atoms with Gasteiger partial charge in [0.25, 0.3) is 5.91 Å². The van der Waals surface area contributed by atoms with Gasteiger partial charge in [-0.2, -0.15) is 4.98 Å². The fourth-order valence-electron chi connectivity index (χ4n) is 5.55. The predicted octanol–water partition coefficient (Wildman–Crippen LogP) is 6.16. The number of carbonyl (C=O) groups is 1. The summed E-state index contributed by atoms with van der Waals surface area (Å²) in [5.41, 5.74) is 1.71. The number of nitrogens with one attached hydrogen (secondary N) is 2. The van der Waals surface area contributed by atoms with Crippen LogP contribution in [0.3, 0.4) is 0 Å². The first kappa shape index (κ1) is 23.2. The Morgan fingerprint density at radius 2 is 1.32 bits per heavy atom. The molecule has 1 heterocycles. The lowest BCUT2D eigenvalue weighted by Crippen LogP contribution is -2.40. The van der Waals surface area contributed by atoms with Gasteiger partial charge in [0.05, 0.1) is 11.1 Å². The molecule has 4 aromatic carbocycles. The highest BCUT2D eigenvalue weighted by molar-refractivity contribution is 6.18. The third-order valence-electron chi connectivity index (χ3n) is 7.40. The Kier molecular flexibility index (Phi) is 6.08. The molecule has 0 atom stereocenters. The van der Waals surface area contributed by atoms with Gasteiger partial charge in [-0.05, 0) is 65.4 Å². The van der Waals surface area contributed by atoms with E-state index in [1.165, 1.54) is 0 Å². The molecule has 186 valence electrons. The van der Waals surface area contributed by atoms with Gasteiger partial charge in [-0.25, -0.2) is 4.98 Å². The molecule has 1 fully saturated rings. The predicted molar refractivity (Wildman–Crippen MR) is 152 cm³/mol. The second kappa shape index (κ2) is 9.69. The molecule has 0 spiro atoms. The van der Waals surface area contributed by atoms with Crippen molar-refractivity contribution < 1.29 is 4.79 Å². The highest BCUT2D eigenvalue weighted by atomic mass is 16.1. The van der Waals surface area contributed by atoms with Crippen LogP contribution in [0, 0.1) is 0 Å². The lowest BCUT2D eigenvalue weighted by Gasteiger charge is -2.30. The zero-order chi connectivity index (χ0) is 25.4. The molecule has 2 N–H and O–H groups in total. The lowest BCUT2D eigenvalue weighted by atomic mass is 9.90. The van der Waals surface area contributed by atoms with E-state index in [2.05, 4.69) is 34.9 Å². The minimum atomic E-state index is 0.0119. The summed E-state index contributed by atoms with van der Waals surface area (Å²) in [5.74, 6) is 1.59. The van der Waals surface area contributed by atoms with E-state index < -0.39 is 0 Å². The van der Waals surface area contributed by atoms with Crippen LogP contribution in [0.2, 0.25) is 0 Å². The summed E-state index contributed by atoms with van der Waals surface area (Å²) in [7, 11) is 4.01. The molecule has 5 aromatic rings. The quantitative estimate of drug-likeness (QED) is 0.290.